The Morgan fingerprint density at radius 3 is 2.85 bits per heavy atom. The second-order valence-electron chi connectivity index (χ2n) is 4.37. The Morgan fingerprint density at radius 1 is 1.45 bits per heavy atom. The van der Waals surface area contributed by atoms with Gasteiger partial charge in [0.25, 0.3) is 0 Å². The SMILES string of the molecule is CCOCCCC(=O)Nc1ccc(Cl)c(C[S@@](C)=O)c1. The van der Waals surface area contributed by atoms with E-state index in [0.717, 1.165) is 5.56 Å². The van der Waals surface area contributed by atoms with Crippen LogP contribution in [0.15, 0.2) is 18.2 Å². The van der Waals surface area contributed by atoms with Crippen LogP contribution in [0.2, 0.25) is 5.02 Å². The van der Waals surface area contributed by atoms with Crippen LogP contribution in [0.4, 0.5) is 5.69 Å². The summed E-state index contributed by atoms with van der Waals surface area (Å²) in [7, 11) is -0.969. The average molecular weight is 318 g/mol. The summed E-state index contributed by atoms with van der Waals surface area (Å²) < 4.78 is 16.4. The second kappa shape index (κ2) is 9.10. The first kappa shape index (κ1) is 17.1. The lowest BCUT2D eigenvalue weighted by molar-refractivity contribution is -0.116. The molecule has 0 saturated heterocycles. The van der Waals surface area contributed by atoms with Crippen LogP contribution in [0.5, 0.6) is 0 Å². The lowest BCUT2D eigenvalue weighted by Gasteiger charge is -2.08. The monoisotopic (exact) mass is 317 g/mol. The number of hydrogen-bond donors (Lipinski definition) is 1. The highest BCUT2D eigenvalue weighted by Crippen LogP contribution is 2.22. The molecule has 0 aromatic heterocycles. The first-order valence-electron chi connectivity index (χ1n) is 6.49. The Labute approximate surface area is 127 Å². The minimum atomic E-state index is -0.969. The van der Waals surface area contributed by atoms with Crippen LogP contribution in [0.1, 0.15) is 25.3 Å². The number of ether oxygens (including phenoxy) is 1. The zero-order chi connectivity index (χ0) is 15.0. The summed E-state index contributed by atoms with van der Waals surface area (Å²) in [5.74, 6) is 0.322. The number of nitrogens with one attached hydrogen (secondary N) is 1. The normalized spacial score (nSPS) is 12.2. The molecule has 0 saturated carbocycles. The maximum Gasteiger partial charge on any atom is 0.224 e. The molecule has 1 N–H and O–H groups in total. The van der Waals surface area contributed by atoms with Crippen LogP contribution in [-0.2, 0) is 26.1 Å². The molecule has 4 nitrogen and oxygen atoms in total. The van der Waals surface area contributed by atoms with E-state index < -0.39 is 10.8 Å². The topological polar surface area (TPSA) is 55.4 Å². The molecule has 112 valence electrons. The molecule has 0 aliphatic rings. The van der Waals surface area contributed by atoms with Gasteiger partial charge in [0.15, 0.2) is 0 Å². The van der Waals surface area contributed by atoms with Crippen LogP contribution in [0.25, 0.3) is 0 Å². The summed E-state index contributed by atoms with van der Waals surface area (Å²) >= 11 is 6.03. The highest BCUT2D eigenvalue weighted by molar-refractivity contribution is 7.83. The molecule has 0 bridgehead atoms. The van der Waals surface area contributed by atoms with Gasteiger partial charge in [0, 0.05) is 53.2 Å². The van der Waals surface area contributed by atoms with E-state index in [-0.39, 0.29) is 5.91 Å². The van der Waals surface area contributed by atoms with Gasteiger partial charge in [0.05, 0.1) is 0 Å². The summed E-state index contributed by atoms with van der Waals surface area (Å²) in [5.41, 5.74) is 1.45. The molecule has 0 unspecified atom stereocenters. The molecule has 0 aliphatic carbocycles. The molecular weight excluding hydrogens is 298 g/mol. The van der Waals surface area contributed by atoms with E-state index in [1.165, 1.54) is 0 Å². The molecule has 1 aromatic rings. The number of anilines is 1. The fraction of sp³-hybridized carbons (Fsp3) is 0.500. The number of hydrogen-bond acceptors (Lipinski definition) is 3. The van der Waals surface area contributed by atoms with Gasteiger partial charge in [-0.2, -0.15) is 0 Å². The second-order valence-corrected chi connectivity index (χ2v) is 6.21. The van der Waals surface area contributed by atoms with E-state index in [1.54, 1.807) is 24.5 Å². The molecule has 0 heterocycles. The zero-order valence-corrected chi connectivity index (χ0v) is 13.4. The number of amides is 1. The van der Waals surface area contributed by atoms with E-state index in [4.69, 9.17) is 16.3 Å². The number of carbonyl (C=O) groups excluding carboxylic acids is 1. The van der Waals surface area contributed by atoms with Gasteiger partial charge in [-0.05, 0) is 37.1 Å². The molecule has 0 spiro atoms. The summed E-state index contributed by atoms with van der Waals surface area (Å²) in [6.07, 6.45) is 2.73. The lowest BCUT2D eigenvalue weighted by Crippen LogP contribution is -2.12. The lowest BCUT2D eigenvalue weighted by atomic mass is 10.2. The van der Waals surface area contributed by atoms with E-state index in [0.29, 0.717) is 42.5 Å². The van der Waals surface area contributed by atoms with Gasteiger partial charge in [0.1, 0.15) is 0 Å². The Bertz CT molecular complexity index is 479. The summed E-state index contributed by atoms with van der Waals surface area (Å²) in [6, 6.07) is 5.22. The van der Waals surface area contributed by atoms with Crippen molar-refractivity contribution in [3.63, 3.8) is 0 Å². The maximum absolute atomic E-state index is 11.7. The van der Waals surface area contributed by atoms with E-state index in [1.807, 2.05) is 6.92 Å². The molecule has 1 atom stereocenters. The van der Waals surface area contributed by atoms with Crippen LogP contribution in [0.3, 0.4) is 0 Å². The van der Waals surface area contributed by atoms with Crippen molar-refractivity contribution in [2.24, 2.45) is 0 Å². The van der Waals surface area contributed by atoms with Crippen molar-refractivity contribution in [3.05, 3.63) is 28.8 Å². The van der Waals surface area contributed by atoms with Crippen LogP contribution in [0, 0.1) is 0 Å². The van der Waals surface area contributed by atoms with Crippen molar-refractivity contribution in [1.29, 1.82) is 0 Å². The molecule has 6 heteroatoms. The molecule has 1 amide bonds. The fourth-order valence-electron chi connectivity index (χ4n) is 1.68. The Balaban J connectivity index is 2.54. The number of benzene rings is 1. The highest BCUT2D eigenvalue weighted by Gasteiger charge is 2.07. The molecule has 0 fully saturated rings. The molecule has 20 heavy (non-hydrogen) atoms. The third-order valence-electron chi connectivity index (χ3n) is 2.58. The van der Waals surface area contributed by atoms with Gasteiger partial charge >= 0.3 is 0 Å². The van der Waals surface area contributed by atoms with Gasteiger partial charge < -0.3 is 10.1 Å². The zero-order valence-electron chi connectivity index (χ0n) is 11.8. The van der Waals surface area contributed by atoms with Crippen molar-refractivity contribution < 1.29 is 13.7 Å². The highest BCUT2D eigenvalue weighted by atomic mass is 35.5. The number of halogens is 1. The van der Waals surface area contributed by atoms with Crippen LogP contribution < -0.4 is 5.32 Å². The summed E-state index contributed by atoms with van der Waals surface area (Å²) in [5, 5.41) is 3.37. The predicted octanol–water partition coefficient (Wildman–Crippen LogP) is 2.97. The van der Waals surface area contributed by atoms with Crippen molar-refractivity contribution in [1.82, 2.24) is 0 Å². The van der Waals surface area contributed by atoms with Gasteiger partial charge in [0.2, 0.25) is 5.91 Å². The van der Waals surface area contributed by atoms with Crippen molar-refractivity contribution >= 4 is 34.0 Å². The third-order valence-corrected chi connectivity index (χ3v) is 3.67. The minimum Gasteiger partial charge on any atom is -0.382 e. The van der Waals surface area contributed by atoms with Crippen LogP contribution >= 0.6 is 11.6 Å². The average Bonchev–Trinajstić information content (AvgIpc) is 2.38. The van der Waals surface area contributed by atoms with E-state index in [2.05, 4.69) is 5.32 Å². The van der Waals surface area contributed by atoms with Crippen molar-refractivity contribution in [2.45, 2.75) is 25.5 Å². The van der Waals surface area contributed by atoms with Gasteiger partial charge in [-0.3, -0.25) is 9.00 Å². The fourth-order valence-corrected chi connectivity index (χ4v) is 2.63. The van der Waals surface area contributed by atoms with Crippen LogP contribution in [-0.4, -0.2) is 29.6 Å². The van der Waals surface area contributed by atoms with E-state index >= 15 is 0 Å². The Hall–Kier alpha value is -0.910. The largest absolute Gasteiger partial charge is 0.382 e. The molecule has 0 aliphatic heterocycles. The molecular formula is C14H20ClNO3S. The third kappa shape index (κ3) is 6.50. The quantitative estimate of drug-likeness (QED) is 0.750. The first-order chi connectivity index (χ1) is 9.52. The molecule has 1 rings (SSSR count). The Kier molecular flexibility index (Phi) is 7.80. The van der Waals surface area contributed by atoms with E-state index in [9.17, 15) is 9.00 Å². The van der Waals surface area contributed by atoms with Gasteiger partial charge in [-0.25, -0.2) is 0 Å². The minimum absolute atomic E-state index is 0.0596. The predicted molar refractivity (Wildman–Crippen MR) is 83.6 cm³/mol. The maximum atomic E-state index is 11.7. The summed E-state index contributed by atoms with van der Waals surface area (Å²) in [6.45, 7) is 3.17. The number of carbonyl (C=O) groups is 1. The molecule has 0 radical (unpaired) electrons. The summed E-state index contributed by atoms with van der Waals surface area (Å²) in [4.78, 5) is 11.7. The van der Waals surface area contributed by atoms with Gasteiger partial charge in [-0.1, -0.05) is 11.6 Å². The smallest absolute Gasteiger partial charge is 0.224 e. The van der Waals surface area contributed by atoms with Crippen molar-refractivity contribution in [3.8, 4) is 0 Å². The first-order valence-corrected chi connectivity index (χ1v) is 8.59. The number of rotatable bonds is 8. The molecule has 1 aromatic carbocycles. The van der Waals surface area contributed by atoms with Gasteiger partial charge in [-0.15, -0.1) is 0 Å². The Morgan fingerprint density at radius 2 is 2.20 bits per heavy atom. The standard InChI is InChI=1S/C14H20ClNO3S/c1-3-19-8-4-5-14(17)16-12-6-7-13(15)11(9-12)10-20(2)18/h6-7,9H,3-5,8,10H2,1-2H3,(H,16,17)/t20-/m1/s1. The van der Waals surface area contributed by atoms with Crippen molar-refractivity contribution in [2.75, 3.05) is 24.8 Å².